The van der Waals surface area contributed by atoms with Crippen molar-refractivity contribution in [2.75, 3.05) is 6.61 Å². The molecule has 2 aromatic carbocycles. The van der Waals surface area contributed by atoms with Crippen molar-refractivity contribution in [1.29, 1.82) is 0 Å². The van der Waals surface area contributed by atoms with Gasteiger partial charge in [0.15, 0.2) is 0 Å². The van der Waals surface area contributed by atoms with Crippen molar-refractivity contribution < 1.29 is 13.9 Å². The zero-order chi connectivity index (χ0) is 15.5. The van der Waals surface area contributed by atoms with Gasteiger partial charge in [0.05, 0.1) is 23.4 Å². The number of carbonyl (C=O) groups excluding carboxylic acids is 1. The Balaban J connectivity index is 2.22. The van der Waals surface area contributed by atoms with Crippen LogP contribution < -0.4 is 0 Å². The van der Waals surface area contributed by atoms with Gasteiger partial charge in [-0.15, -0.1) is 0 Å². The number of rotatable bonds is 3. The Labute approximate surface area is 127 Å². The molecule has 3 aromatic rings. The minimum absolute atomic E-state index is 0.286. The number of ether oxygens (including phenoxy) is 1. The Hall–Kier alpha value is -2.75. The zero-order valence-electron chi connectivity index (χ0n) is 12.0. The maximum absolute atomic E-state index is 13.1. The molecule has 0 fully saturated rings. The van der Waals surface area contributed by atoms with Crippen LogP contribution in [0, 0.1) is 5.82 Å². The molecule has 0 bridgehead atoms. The number of esters is 1. The Kier molecular flexibility index (Phi) is 3.83. The molecular weight excluding hydrogens is 281 g/mol. The summed E-state index contributed by atoms with van der Waals surface area (Å²) in [7, 11) is 0. The number of carbonyl (C=O) groups is 1. The van der Waals surface area contributed by atoms with Gasteiger partial charge in [-0.05, 0) is 43.3 Å². The monoisotopic (exact) mass is 295 g/mol. The second-order valence-corrected chi connectivity index (χ2v) is 4.80. The van der Waals surface area contributed by atoms with E-state index in [9.17, 15) is 9.18 Å². The molecule has 0 aliphatic rings. The van der Waals surface area contributed by atoms with Crippen molar-refractivity contribution in [2.24, 2.45) is 0 Å². The van der Waals surface area contributed by atoms with Crippen molar-refractivity contribution in [1.82, 2.24) is 4.98 Å². The van der Waals surface area contributed by atoms with Gasteiger partial charge in [0.25, 0.3) is 0 Å². The van der Waals surface area contributed by atoms with Crippen molar-refractivity contribution in [3.8, 4) is 11.3 Å². The fourth-order valence-electron chi connectivity index (χ4n) is 2.31. The summed E-state index contributed by atoms with van der Waals surface area (Å²) in [5.74, 6) is -0.762. The van der Waals surface area contributed by atoms with Crippen LogP contribution in [0.1, 0.15) is 17.3 Å². The van der Waals surface area contributed by atoms with Crippen molar-refractivity contribution in [3.05, 3.63) is 66.0 Å². The minimum atomic E-state index is -0.430. The Bertz CT molecular complexity index is 828. The van der Waals surface area contributed by atoms with E-state index in [1.165, 1.54) is 12.1 Å². The van der Waals surface area contributed by atoms with E-state index in [1.807, 2.05) is 24.3 Å². The van der Waals surface area contributed by atoms with E-state index in [4.69, 9.17) is 4.74 Å². The molecular formula is C18H14FNO2. The van der Waals surface area contributed by atoms with Crippen LogP contribution in [0.4, 0.5) is 4.39 Å². The van der Waals surface area contributed by atoms with Gasteiger partial charge in [-0.25, -0.2) is 14.2 Å². The van der Waals surface area contributed by atoms with Gasteiger partial charge in [-0.2, -0.15) is 0 Å². The highest BCUT2D eigenvalue weighted by molar-refractivity contribution is 6.00. The third-order valence-corrected chi connectivity index (χ3v) is 3.34. The smallest absolute Gasteiger partial charge is 0.340 e. The Morgan fingerprint density at radius 1 is 1.14 bits per heavy atom. The van der Waals surface area contributed by atoms with E-state index < -0.39 is 5.97 Å². The first kappa shape index (κ1) is 14.2. The molecule has 0 amide bonds. The number of nitrogens with zero attached hydrogens (tertiary/aromatic N) is 1. The first-order valence-electron chi connectivity index (χ1n) is 7.02. The SMILES string of the molecule is CCOC(=O)c1cc2ccccc2nc1-c1ccc(F)cc1. The molecule has 3 nitrogen and oxygen atoms in total. The normalized spacial score (nSPS) is 10.6. The molecule has 0 unspecified atom stereocenters. The quantitative estimate of drug-likeness (QED) is 0.679. The number of hydrogen-bond donors (Lipinski definition) is 0. The van der Waals surface area contributed by atoms with Gasteiger partial charge in [0.2, 0.25) is 0 Å². The van der Waals surface area contributed by atoms with Crippen LogP contribution in [0.25, 0.3) is 22.2 Å². The van der Waals surface area contributed by atoms with Gasteiger partial charge in [0.1, 0.15) is 5.82 Å². The second-order valence-electron chi connectivity index (χ2n) is 4.80. The fourth-order valence-corrected chi connectivity index (χ4v) is 2.31. The highest BCUT2D eigenvalue weighted by atomic mass is 19.1. The molecule has 22 heavy (non-hydrogen) atoms. The number of pyridine rings is 1. The van der Waals surface area contributed by atoms with E-state index >= 15 is 0 Å². The molecule has 0 aliphatic carbocycles. The summed E-state index contributed by atoms with van der Waals surface area (Å²) in [6.45, 7) is 2.04. The van der Waals surface area contributed by atoms with Crippen LogP contribution in [0.3, 0.4) is 0 Å². The average molecular weight is 295 g/mol. The molecule has 110 valence electrons. The zero-order valence-corrected chi connectivity index (χ0v) is 12.0. The van der Waals surface area contributed by atoms with E-state index in [0.717, 1.165) is 10.9 Å². The summed E-state index contributed by atoms with van der Waals surface area (Å²) in [5.41, 5.74) is 2.33. The van der Waals surface area contributed by atoms with Crippen LogP contribution >= 0.6 is 0 Å². The van der Waals surface area contributed by atoms with Gasteiger partial charge >= 0.3 is 5.97 Å². The van der Waals surface area contributed by atoms with Crippen molar-refractivity contribution in [3.63, 3.8) is 0 Å². The standard InChI is InChI=1S/C18H14FNO2/c1-2-22-18(21)15-11-13-5-3-4-6-16(13)20-17(15)12-7-9-14(19)10-8-12/h3-11H,2H2,1H3. The lowest BCUT2D eigenvalue weighted by atomic mass is 10.0. The third-order valence-electron chi connectivity index (χ3n) is 3.34. The molecule has 0 saturated heterocycles. The highest BCUT2D eigenvalue weighted by Crippen LogP contribution is 2.26. The van der Waals surface area contributed by atoms with E-state index in [2.05, 4.69) is 4.98 Å². The highest BCUT2D eigenvalue weighted by Gasteiger charge is 2.17. The molecule has 0 spiro atoms. The molecule has 1 heterocycles. The first-order valence-corrected chi connectivity index (χ1v) is 7.02. The Morgan fingerprint density at radius 3 is 2.59 bits per heavy atom. The summed E-state index contributed by atoms with van der Waals surface area (Å²) in [6.07, 6.45) is 0. The van der Waals surface area contributed by atoms with Crippen LogP contribution in [-0.4, -0.2) is 17.6 Å². The molecule has 0 N–H and O–H groups in total. The van der Waals surface area contributed by atoms with Crippen LogP contribution in [0.5, 0.6) is 0 Å². The van der Waals surface area contributed by atoms with Crippen LogP contribution in [0.2, 0.25) is 0 Å². The summed E-state index contributed by atoms with van der Waals surface area (Å²) in [5, 5.41) is 0.858. The minimum Gasteiger partial charge on any atom is -0.462 e. The van der Waals surface area contributed by atoms with Gasteiger partial charge in [0, 0.05) is 10.9 Å². The molecule has 0 aliphatic heterocycles. The summed E-state index contributed by atoms with van der Waals surface area (Å²) < 4.78 is 18.2. The number of halogens is 1. The number of aromatic nitrogens is 1. The Morgan fingerprint density at radius 2 is 1.86 bits per heavy atom. The van der Waals surface area contributed by atoms with Crippen LogP contribution in [0.15, 0.2) is 54.6 Å². The van der Waals surface area contributed by atoms with Gasteiger partial charge in [-0.3, -0.25) is 0 Å². The predicted octanol–water partition coefficient (Wildman–Crippen LogP) is 4.22. The molecule has 0 radical (unpaired) electrons. The van der Waals surface area contributed by atoms with E-state index in [0.29, 0.717) is 16.8 Å². The number of hydrogen-bond acceptors (Lipinski definition) is 3. The molecule has 1 aromatic heterocycles. The van der Waals surface area contributed by atoms with Gasteiger partial charge < -0.3 is 4.74 Å². The first-order chi connectivity index (χ1) is 10.7. The predicted molar refractivity (Wildman–Crippen MR) is 83.1 cm³/mol. The maximum Gasteiger partial charge on any atom is 0.340 e. The number of para-hydroxylation sites is 1. The lowest BCUT2D eigenvalue weighted by Crippen LogP contribution is -2.08. The second kappa shape index (κ2) is 5.93. The van der Waals surface area contributed by atoms with Crippen LogP contribution in [-0.2, 0) is 4.74 Å². The van der Waals surface area contributed by atoms with Gasteiger partial charge in [-0.1, -0.05) is 18.2 Å². The summed E-state index contributed by atoms with van der Waals surface area (Å²) in [6, 6.07) is 15.2. The molecule has 3 rings (SSSR count). The molecule has 0 saturated carbocycles. The summed E-state index contributed by atoms with van der Waals surface area (Å²) >= 11 is 0. The number of fused-ring (bicyclic) bond motifs is 1. The van der Waals surface area contributed by atoms with E-state index in [-0.39, 0.29) is 12.4 Å². The van der Waals surface area contributed by atoms with E-state index in [1.54, 1.807) is 25.1 Å². The maximum atomic E-state index is 13.1. The lowest BCUT2D eigenvalue weighted by Gasteiger charge is -2.10. The lowest BCUT2D eigenvalue weighted by molar-refractivity contribution is 0.0527. The summed E-state index contributed by atoms with van der Waals surface area (Å²) in [4.78, 5) is 16.8. The third kappa shape index (κ3) is 2.68. The average Bonchev–Trinajstić information content (AvgIpc) is 2.54. The largest absolute Gasteiger partial charge is 0.462 e. The van der Waals surface area contributed by atoms with Crippen molar-refractivity contribution in [2.45, 2.75) is 6.92 Å². The molecule has 4 heteroatoms. The van der Waals surface area contributed by atoms with Crippen molar-refractivity contribution >= 4 is 16.9 Å². The fraction of sp³-hybridized carbons (Fsp3) is 0.111. The molecule has 0 atom stereocenters. The number of benzene rings is 2. The topological polar surface area (TPSA) is 39.2 Å².